The Morgan fingerprint density at radius 1 is 1.24 bits per heavy atom. The highest BCUT2D eigenvalue weighted by Crippen LogP contribution is 2.17. The van der Waals surface area contributed by atoms with E-state index in [1.165, 1.54) is 17.7 Å². The fourth-order valence-corrected chi connectivity index (χ4v) is 2.04. The van der Waals surface area contributed by atoms with Crippen molar-refractivity contribution in [3.05, 3.63) is 41.8 Å². The summed E-state index contributed by atoms with van der Waals surface area (Å²) >= 11 is 0. The van der Waals surface area contributed by atoms with Crippen molar-refractivity contribution < 1.29 is 0 Å². The monoisotopic (exact) mass is 229 g/mol. The Morgan fingerprint density at radius 3 is 2.59 bits per heavy atom. The number of allylic oxidation sites excluding steroid dienone is 1. The molecule has 1 aromatic rings. The molecular formula is C15H21N2. The lowest BCUT2D eigenvalue weighted by Crippen LogP contribution is -2.07. The molecule has 0 saturated carbocycles. The molecule has 1 aromatic carbocycles. The topological polar surface area (TPSA) is 15.3 Å². The minimum Gasteiger partial charge on any atom is -0.378 e. The largest absolute Gasteiger partial charge is 0.378 e. The normalized spacial score (nSPS) is 16.8. The van der Waals surface area contributed by atoms with E-state index in [-0.39, 0.29) is 0 Å². The Bertz CT molecular complexity index is 359. The SMILES string of the molecule is CN(C)c1ccc(/C=C/C[C]2CCNC2)cc1. The Morgan fingerprint density at radius 2 is 2.00 bits per heavy atom. The van der Waals surface area contributed by atoms with Crippen LogP contribution >= 0.6 is 0 Å². The molecule has 17 heavy (non-hydrogen) atoms. The van der Waals surface area contributed by atoms with Crippen LogP contribution in [0.2, 0.25) is 0 Å². The van der Waals surface area contributed by atoms with Gasteiger partial charge in [-0.05, 0) is 43.0 Å². The Labute approximate surface area is 104 Å². The Balaban J connectivity index is 1.87. The van der Waals surface area contributed by atoms with Gasteiger partial charge in [0.15, 0.2) is 0 Å². The average molecular weight is 229 g/mol. The summed E-state index contributed by atoms with van der Waals surface area (Å²) in [6, 6.07) is 8.65. The summed E-state index contributed by atoms with van der Waals surface area (Å²) < 4.78 is 0. The molecule has 2 rings (SSSR count). The maximum absolute atomic E-state index is 3.36. The summed E-state index contributed by atoms with van der Waals surface area (Å²) in [5.41, 5.74) is 2.53. The van der Waals surface area contributed by atoms with Gasteiger partial charge in [-0.3, -0.25) is 0 Å². The van der Waals surface area contributed by atoms with Crippen molar-refractivity contribution >= 4 is 11.8 Å². The molecule has 1 saturated heterocycles. The standard InChI is InChI=1S/C15H21N2/c1-17(2)15-8-6-13(7-9-15)4-3-5-14-10-11-16-12-14/h3-4,6-9,16H,5,10-12H2,1-2H3/b4-3+. The molecule has 91 valence electrons. The average Bonchev–Trinajstić information content (AvgIpc) is 2.83. The van der Waals surface area contributed by atoms with E-state index in [2.05, 4.69) is 60.7 Å². The molecule has 2 nitrogen and oxygen atoms in total. The van der Waals surface area contributed by atoms with Gasteiger partial charge in [-0.15, -0.1) is 0 Å². The molecule has 0 bridgehead atoms. The molecule has 1 radical (unpaired) electrons. The van der Waals surface area contributed by atoms with Gasteiger partial charge in [0.1, 0.15) is 0 Å². The summed E-state index contributed by atoms with van der Waals surface area (Å²) in [7, 11) is 4.13. The molecule has 0 spiro atoms. The first-order chi connectivity index (χ1) is 8.25. The number of benzene rings is 1. The van der Waals surface area contributed by atoms with E-state index in [1.54, 1.807) is 5.92 Å². The molecule has 0 atom stereocenters. The van der Waals surface area contributed by atoms with Crippen LogP contribution in [0.15, 0.2) is 30.3 Å². The number of nitrogens with one attached hydrogen (secondary N) is 1. The number of rotatable bonds is 4. The lowest BCUT2D eigenvalue weighted by Gasteiger charge is -2.11. The van der Waals surface area contributed by atoms with Gasteiger partial charge in [-0.1, -0.05) is 24.3 Å². The highest BCUT2D eigenvalue weighted by molar-refractivity contribution is 5.55. The van der Waals surface area contributed by atoms with Crippen LogP contribution in [-0.2, 0) is 0 Å². The van der Waals surface area contributed by atoms with Crippen LogP contribution in [-0.4, -0.2) is 27.2 Å². The maximum Gasteiger partial charge on any atom is 0.0361 e. The summed E-state index contributed by atoms with van der Waals surface area (Å²) in [5.74, 6) is 1.62. The zero-order valence-corrected chi connectivity index (χ0v) is 10.7. The van der Waals surface area contributed by atoms with Crippen molar-refractivity contribution in [1.29, 1.82) is 0 Å². The first-order valence-electron chi connectivity index (χ1n) is 6.24. The number of hydrogen-bond donors (Lipinski definition) is 1. The molecule has 0 aromatic heterocycles. The van der Waals surface area contributed by atoms with Gasteiger partial charge in [-0.25, -0.2) is 0 Å². The smallest absolute Gasteiger partial charge is 0.0361 e. The van der Waals surface area contributed by atoms with E-state index in [9.17, 15) is 0 Å². The highest BCUT2D eigenvalue weighted by Gasteiger charge is 2.12. The predicted molar refractivity (Wildman–Crippen MR) is 75.1 cm³/mol. The maximum atomic E-state index is 3.36. The van der Waals surface area contributed by atoms with Gasteiger partial charge in [0.25, 0.3) is 0 Å². The second-order valence-electron chi connectivity index (χ2n) is 4.77. The van der Waals surface area contributed by atoms with E-state index >= 15 is 0 Å². The first-order valence-corrected chi connectivity index (χ1v) is 6.24. The van der Waals surface area contributed by atoms with Gasteiger partial charge < -0.3 is 10.2 Å². The lowest BCUT2D eigenvalue weighted by molar-refractivity contribution is 0.854. The van der Waals surface area contributed by atoms with Crippen LogP contribution in [0.3, 0.4) is 0 Å². The van der Waals surface area contributed by atoms with Crippen LogP contribution in [0.4, 0.5) is 5.69 Å². The third-order valence-corrected chi connectivity index (χ3v) is 3.16. The van der Waals surface area contributed by atoms with Crippen LogP contribution in [0, 0.1) is 5.92 Å². The minimum absolute atomic E-state index is 1.10. The summed E-state index contributed by atoms with van der Waals surface area (Å²) in [4.78, 5) is 2.12. The van der Waals surface area contributed by atoms with Gasteiger partial charge in [0.05, 0.1) is 0 Å². The molecule has 1 aliphatic heterocycles. The van der Waals surface area contributed by atoms with Crippen molar-refractivity contribution in [2.24, 2.45) is 0 Å². The van der Waals surface area contributed by atoms with Gasteiger partial charge in [-0.2, -0.15) is 0 Å². The molecule has 1 heterocycles. The second kappa shape index (κ2) is 5.87. The molecule has 1 aliphatic rings. The van der Waals surface area contributed by atoms with Crippen LogP contribution in [0.5, 0.6) is 0 Å². The van der Waals surface area contributed by atoms with Crippen molar-refractivity contribution in [3.8, 4) is 0 Å². The number of nitrogens with zero attached hydrogens (tertiary/aromatic N) is 1. The van der Waals surface area contributed by atoms with Crippen molar-refractivity contribution in [2.75, 3.05) is 32.1 Å². The highest BCUT2D eigenvalue weighted by atomic mass is 15.1. The summed E-state index contributed by atoms with van der Waals surface area (Å²) in [6.45, 7) is 2.25. The van der Waals surface area contributed by atoms with Crippen molar-refractivity contribution in [3.63, 3.8) is 0 Å². The van der Waals surface area contributed by atoms with Gasteiger partial charge >= 0.3 is 0 Å². The summed E-state index contributed by atoms with van der Waals surface area (Å²) in [5, 5.41) is 3.36. The molecule has 0 unspecified atom stereocenters. The molecule has 2 heteroatoms. The van der Waals surface area contributed by atoms with Gasteiger partial charge in [0, 0.05) is 26.3 Å². The molecule has 1 N–H and O–H groups in total. The van der Waals surface area contributed by atoms with Gasteiger partial charge in [0.2, 0.25) is 0 Å². The van der Waals surface area contributed by atoms with E-state index in [1.807, 2.05) is 0 Å². The third-order valence-electron chi connectivity index (χ3n) is 3.16. The minimum atomic E-state index is 1.10. The fraction of sp³-hybridized carbons (Fsp3) is 0.400. The van der Waals surface area contributed by atoms with E-state index < -0.39 is 0 Å². The zero-order chi connectivity index (χ0) is 12.1. The molecule has 1 fully saturated rings. The predicted octanol–water partition coefficient (Wildman–Crippen LogP) is 2.72. The zero-order valence-electron chi connectivity index (χ0n) is 10.7. The van der Waals surface area contributed by atoms with Crippen LogP contribution < -0.4 is 10.2 Å². The molecule has 0 aliphatic carbocycles. The lowest BCUT2D eigenvalue weighted by atomic mass is 10.0. The van der Waals surface area contributed by atoms with E-state index in [0.29, 0.717) is 0 Å². The second-order valence-corrected chi connectivity index (χ2v) is 4.77. The number of hydrogen-bond acceptors (Lipinski definition) is 2. The molecule has 0 amide bonds. The third kappa shape index (κ3) is 3.60. The fourth-order valence-electron chi connectivity index (χ4n) is 2.04. The molecular weight excluding hydrogens is 208 g/mol. The Kier molecular flexibility index (Phi) is 4.21. The quantitative estimate of drug-likeness (QED) is 0.854. The van der Waals surface area contributed by atoms with E-state index in [4.69, 9.17) is 0 Å². The number of anilines is 1. The van der Waals surface area contributed by atoms with Crippen molar-refractivity contribution in [2.45, 2.75) is 12.8 Å². The summed E-state index contributed by atoms with van der Waals surface area (Å²) in [6.07, 6.45) is 6.84. The van der Waals surface area contributed by atoms with Crippen LogP contribution in [0.1, 0.15) is 18.4 Å². The van der Waals surface area contributed by atoms with Crippen LogP contribution in [0.25, 0.3) is 6.08 Å². The first kappa shape index (κ1) is 12.2. The van der Waals surface area contributed by atoms with E-state index in [0.717, 1.165) is 19.5 Å². The van der Waals surface area contributed by atoms with Crippen molar-refractivity contribution in [1.82, 2.24) is 5.32 Å². The Hall–Kier alpha value is -1.28.